The van der Waals surface area contributed by atoms with Gasteiger partial charge < -0.3 is 35.7 Å². The molecule has 0 radical (unpaired) electrons. The maximum absolute atomic E-state index is 10.3. The number of benzene rings is 1. The summed E-state index contributed by atoms with van der Waals surface area (Å²) in [4.78, 5) is 40.6. The quantitative estimate of drug-likeness (QED) is 0.249. The molecule has 1 aromatic carbocycles. The zero-order chi connectivity index (χ0) is 20.5. The van der Waals surface area contributed by atoms with Crippen LogP contribution in [0.1, 0.15) is 18.4 Å². The van der Waals surface area contributed by atoms with Crippen molar-refractivity contribution in [3.05, 3.63) is 29.8 Å². The van der Waals surface area contributed by atoms with E-state index < -0.39 is 42.3 Å². The van der Waals surface area contributed by atoms with Gasteiger partial charge in [0.1, 0.15) is 0 Å². The number of hydrogen-bond acceptors (Lipinski definition) is 7. The molecule has 0 saturated carbocycles. The minimum Gasteiger partial charge on any atom is -0.504 e. The number of phenols is 2. The molecule has 0 heterocycles. The molecule has 0 aromatic heterocycles. The van der Waals surface area contributed by atoms with E-state index >= 15 is 0 Å². The van der Waals surface area contributed by atoms with Gasteiger partial charge in [-0.15, -0.1) is 0 Å². The van der Waals surface area contributed by atoms with Crippen LogP contribution < -0.4 is 0 Å². The molecule has 0 aliphatic rings. The number of carboxylic acid groups (broad SMARTS) is 4. The lowest BCUT2D eigenvalue weighted by Gasteiger charge is -2.18. The van der Waals surface area contributed by atoms with Crippen LogP contribution in [0, 0.1) is 0 Å². The van der Waals surface area contributed by atoms with E-state index in [1.54, 1.807) is 0 Å². The summed E-state index contributed by atoms with van der Waals surface area (Å²) in [5.74, 6) is -6.58. The van der Waals surface area contributed by atoms with Gasteiger partial charge in [0.15, 0.2) is 17.1 Å². The fourth-order valence-electron chi connectivity index (χ4n) is 1.53. The molecule has 0 aliphatic heterocycles. The van der Waals surface area contributed by atoms with E-state index in [0.29, 0.717) is 5.56 Å². The van der Waals surface area contributed by atoms with E-state index in [4.69, 9.17) is 35.7 Å². The molecule has 1 aromatic rings. The van der Waals surface area contributed by atoms with Gasteiger partial charge in [0.25, 0.3) is 0 Å². The van der Waals surface area contributed by atoms with Crippen LogP contribution in [-0.4, -0.2) is 65.2 Å². The lowest BCUT2D eigenvalue weighted by atomic mass is 9.96. The number of hydrogen-bond donors (Lipinski definition) is 7. The van der Waals surface area contributed by atoms with Crippen LogP contribution in [0.3, 0.4) is 0 Å². The summed E-state index contributed by atoms with van der Waals surface area (Å²) in [7, 11) is 0. The number of aromatic hydroxyl groups is 2. The highest BCUT2D eigenvalue weighted by Crippen LogP contribution is 2.25. The molecule has 0 fully saturated rings. The zero-order valence-corrected chi connectivity index (χ0v) is 13.1. The number of carboxylic acids is 4. The standard InChI is InChI=1S/C9H8O4.C6H8O7/c10-7-3-1-6(5-8(7)11)2-4-9(12)13;7-3(8)1-6(13,5(11)12)2-4(9)10/h1-5,10-11H,(H,12,13);13H,1-2H2,(H,7,8)(H,9,10)(H,11,12). The predicted molar refractivity (Wildman–Crippen MR) is 83.5 cm³/mol. The van der Waals surface area contributed by atoms with Crippen molar-refractivity contribution in [2.45, 2.75) is 18.4 Å². The van der Waals surface area contributed by atoms with Gasteiger partial charge in [-0.1, -0.05) is 6.07 Å². The summed E-state index contributed by atoms with van der Waals surface area (Å²) in [5.41, 5.74) is -2.23. The minimum atomic E-state index is -2.74. The van der Waals surface area contributed by atoms with E-state index in [9.17, 15) is 19.2 Å². The Morgan fingerprint density at radius 2 is 1.38 bits per heavy atom. The third-order valence-electron chi connectivity index (χ3n) is 2.70. The van der Waals surface area contributed by atoms with Crippen molar-refractivity contribution >= 4 is 30.0 Å². The monoisotopic (exact) mass is 372 g/mol. The van der Waals surface area contributed by atoms with Gasteiger partial charge in [0.05, 0.1) is 12.8 Å². The number of carbonyl (C=O) groups is 4. The highest BCUT2D eigenvalue weighted by molar-refractivity contribution is 5.88. The smallest absolute Gasteiger partial charge is 0.336 e. The third kappa shape index (κ3) is 8.31. The molecule has 0 amide bonds. The molecule has 26 heavy (non-hydrogen) atoms. The number of aliphatic carboxylic acids is 4. The van der Waals surface area contributed by atoms with E-state index in [0.717, 1.165) is 6.08 Å². The van der Waals surface area contributed by atoms with Crippen molar-refractivity contribution in [2.75, 3.05) is 0 Å². The first-order valence-corrected chi connectivity index (χ1v) is 6.69. The molecule has 142 valence electrons. The molecule has 11 nitrogen and oxygen atoms in total. The molecule has 0 bridgehead atoms. The molecule has 0 aliphatic carbocycles. The Balaban J connectivity index is 0.000000481. The first kappa shape index (κ1) is 22.4. The molecular formula is C15H16O11. The summed E-state index contributed by atoms with van der Waals surface area (Å²) >= 11 is 0. The van der Waals surface area contributed by atoms with Crippen molar-refractivity contribution in [2.24, 2.45) is 0 Å². The number of aliphatic hydroxyl groups is 1. The largest absolute Gasteiger partial charge is 0.504 e. The molecule has 7 N–H and O–H groups in total. The Hall–Kier alpha value is -3.60. The Morgan fingerprint density at radius 3 is 1.73 bits per heavy atom. The Kier molecular flexibility index (Phi) is 8.30. The maximum atomic E-state index is 10.3. The highest BCUT2D eigenvalue weighted by atomic mass is 16.4. The van der Waals surface area contributed by atoms with Crippen LogP contribution in [0.5, 0.6) is 11.5 Å². The SMILES string of the molecule is O=C(O)C=Cc1ccc(O)c(O)c1.O=C(O)CC(O)(CC(=O)O)C(=O)O. The molecule has 0 saturated heterocycles. The highest BCUT2D eigenvalue weighted by Gasteiger charge is 2.40. The maximum Gasteiger partial charge on any atom is 0.336 e. The zero-order valence-electron chi connectivity index (χ0n) is 13.1. The van der Waals surface area contributed by atoms with E-state index in [2.05, 4.69) is 0 Å². The van der Waals surface area contributed by atoms with Gasteiger partial charge in [-0.25, -0.2) is 9.59 Å². The van der Waals surface area contributed by atoms with Crippen LogP contribution in [-0.2, 0) is 19.2 Å². The summed E-state index contributed by atoms with van der Waals surface area (Å²) in [6.45, 7) is 0. The van der Waals surface area contributed by atoms with Crippen molar-refractivity contribution in [3.8, 4) is 11.5 Å². The van der Waals surface area contributed by atoms with Crippen LogP contribution in [0.25, 0.3) is 6.08 Å². The Bertz CT molecular complexity index is 704. The lowest BCUT2D eigenvalue weighted by molar-refractivity contribution is -0.170. The first-order valence-electron chi connectivity index (χ1n) is 6.69. The van der Waals surface area contributed by atoms with Crippen LogP contribution >= 0.6 is 0 Å². The summed E-state index contributed by atoms with van der Waals surface area (Å²) in [5, 5.41) is 60.1. The normalized spacial score (nSPS) is 10.7. The fourth-order valence-corrected chi connectivity index (χ4v) is 1.53. The lowest BCUT2D eigenvalue weighted by Crippen LogP contribution is -2.42. The van der Waals surface area contributed by atoms with Gasteiger partial charge in [-0.3, -0.25) is 9.59 Å². The van der Waals surface area contributed by atoms with E-state index in [1.807, 2.05) is 0 Å². The summed E-state index contributed by atoms with van der Waals surface area (Å²) < 4.78 is 0. The predicted octanol–water partition coefficient (Wildman–Crippen LogP) is -0.0529. The van der Waals surface area contributed by atoms with E-state index in [-0.39, 0.29) is 11.5 Å². The van der Waals surface area contributed by atoms with Gasteiger partial charge in [-0.2, -0.15) is 0 Å². The van der Waals surface area contributed by atoms with Crippen molar-refractivity contribution in [1.82, 2.24) is 0 Å². The van der Waals surface area contributed by atoms with Crippen molar-refractivity contribution in [1.29, 1.82) is 0 Å². The third-order valence-corrected chi connectivity index (χ3v) is 2.70. The number of phenolic OH excluding ortho intramolecular Hbond substituents is 2. The van der Waals surface area contributed by atoms with Gasteiger partial charge in [-0.05, 0) is 23.8 Å². The first-order chi connectivity index (χ1) is 11.9. The number of rotatable bonds is 7. The minimum absolute atomic E-state index is 0.229. The van der Waals surface area contributed by atoms with Crippen LogP contribution in [0.4, 0.5) is 0 Å². The Labute approximate surface area is 145 Å². The van der Waals surface area contributed by atoms with Gasteiger partial charge in [0, 0.05) is 6.08 Å². The molecular weight excluding hydrogens is 356 g/mol. The summed E-state index contributed by atoms with van der Waals surface area (Å²) in [6.07, 6.45) is -0.0173. The fraction of sp³-hybridized carbons (Fsp3) is 0.200. The van der Waals surface area contributed by atoms with Crippen molar-refractivity contribution < 1.29 is 54.9 Å². The average Bonchev–Trinajstić information content (AvgIpc) is 2.47. The molecule has 0 atom stereocenters. The second-order valence-electron chi connectivity index (χ2n) is 4.90. The average molecular weight is 372 g/mol. The topological polar surface area (TPSA) is 210 Å². The molecule has 0 unspecified atom stereocenters. The summed E-state index contributed by atoms with van der Waals surface area (Å²) in [6, 6.07) is 4.06. The van der Waals surface area contributed by atoms with Crippen LogP contribution in [0.2, 0.25) is 0 Å². The molecule has 11 heteroatoms. The second kappa shape index (κ2) is 9.64. The van der Waals surface area contributed by atoms with Gasteiger partial charge in [0.2, 0.25) is 0 Å². The van der Waals surface area contributed by atoms with Gasteiger partial charge >= 0.3 is 23.9 Å². The molecule has 0 spiro atoms. The van der Waals surface area contributed by atoms with Crippen LogP contribution in [0.15, 0.2) is 24.3 Å². The Morgan fingerprint density at radius 1 is 0.885 bits per heavy atom. The van der Waals surface area contributed by atoms with E-state index in [1.165, 1.54) is 24.3 Å². The second-order valence-corrected chi connectivity index (χ2v) is 4.90. The molecule has 1 rings (SSSR count). The van der Waals surface area contributed by atoms with Crippen molar-refractivity contribution in [3.63, 3.8) is 0 Å².